The Labute approximate surface area is 127 Å². The lowest BCUT2D eigenvalue weighted by atomic mass is 9.81. The number of hydrogen-bond donors (Lipinski definition) is 1. The molecule has 0 aromatic heterocycles. The van der Waals surface area contributed by atoms with Crippen molar-refractivity contribution in [3.63, 3.8) is 0 Å². The molecule has 0 spiro atoms. The van der Waals surface area contributed by atoms with Crippen molar-refractivity contribution in [2.75, 3.05) is 0 Å². The van der Waals surface area contributed by atoms with E-state index < -0.39 is 5.54 Å². The molecule has 0 saturated heterocycles. The zero-order chi connectivity index (χ0) is 14.8. The minimum atomic E-state index is -0.823. The van der Waals surface area contributed by atoms with E-state index in [1.165, 1.54) is 6.21 Å². The Bertz CT molecular complexity index is 572. The number of oxime groups is 1. The maximum Gasteiger partial charge on any atom is 0.211 e. The largest absolute Gasteiger partial charge is 0.623 e. The van der Waals surface area contributed by atoms with Crippen LogP contribution < -0.4 is 0 Å². The molecule has 1 saturated carbocycles. The highest BCUT2D eigenvalue weighted by atomic mass is 35.5. The van der Waals surface area contributed by atoms with Crippen LogP contribution in [0.1, 0.15) is 38.2 Å². The topological polar surface area (TPSA) is 58.7 Å². The standard InChI is InChI=1S/C14H16Cl2N2O2/c1-14(7-3-2-4-13(14)17-19)18(20)9-10-5-6-11(15)8-12(10)16/h5-6,8-9,19H,2-4,7H2,1H3/b17-13-,18-9-/t14-/m0/s1. The summed E-state index contributed by atoms with van der Waals surface area (Å²) < 4.78 is 0.830. The molecule has 0 bridgehead atoms. The van der Waals surface area contributed by atoms with Crippen LogP contribution in [-0.4, -0.2) is 27.4 Å². The molecule has 1 aromatic rings. The Morgan fingerprint density at radius 1 is 1.40 bits per heavy atom. The highest BCUT2D eigenvalue weighted by Crippen LogP contribution is 2.29. The maximum atomic E-state index is 12.5. The second-order valence-corrected chi connectivity index (χ2v) is 5.99. The molecule has 20 heavy (non-hydrogen) atoms. The first-order chi connectivity index (χ1) is 9.47. The van der Waals surface area contributed by atoms with Crippen molar-refractivity contribution in [1.82, 2.24) is 0 Å². The van der Waals surface area contributed by atoms with Gasteiger partial charge in [-0.2, -0.15) is 0 Å². The summed E-state index contributed by atoms with van der Waals surface area (Å²) in [5.74, 6) is 0. The SMILES string of the molecule is C[C@]1(/[N+]([O-])=C/c2ccc(Cl)cc2Cl)CCCC/C1=N/O. The van der Waals surface area contributed by atoms with Gasteiger partial charge in [0, 0.05) is 18.4 Å². The molecule has 1 atom stereocenters. The summed E-state index contributed by atoms with van der Waals surface area (Å²) in [6.07, 6.45) is 4.57. The number of nitrogens with zero attached hydrogens (tertiary/aromatic N) is 2. The van der Waals surface area contributed by atoms with E-state index in [0.717, 1.165) is 17.6 Å². The third-order valence-corrected chi connectivity index (χ3v) is 4.34. The highest BCUT2D eigenvalue weighted by Gasteiger charge is 2.41. The summed E-state index contributed by atoms with van der Waals surface area (Å²) in [6, 6.07) is 4.96. The third-order valence-electron chi connectivity index (χ3n) is 3.77. The molecule has 0 heterocycles. The van der Waals surface area contributed by atoms with E-state index in [2.05, 4.69) is 5.16 Å². The van der Waals surface area contributed by atoms with Crippen LogP contribution in [0, 0.1) is 5.21 Å². The summed E-state index contributed by atoms with van der Waals surface area (Å²) >= 11 is 11.9. The molecule has 2 rings (SSSR count). The van der Waals surface area contributed by atoms with Crippen molar-refractivity contribution in [3.8, 4) is 0 Å². The van der Waals surface area contributed by atoms with Gasteiger partial charge < -0.3 is 10.4 Å². The van der Waals surface area contributed by atoms with E-state index in [0.29, 0.717) is 34.2 Å². The Balaban J connectivity index is 2.38. The predicted octanol–water partition coefficient (Wildman–Crippen LogP) is 4.09. The molecule has 0 aliphatic heterocycles. The van der Waals surface area contributed by atoms with Gasteiger partial charge in [0.05, 0.1) is 10.6 Å². The number of benzene rings is 1. The molecular weight excluding hydrogens is 299 g/mol. The monoisotopic (exact) mass is 314 g/mol. The van der Waals surface area contributed by atoms with Gasteiger partial charge in [-0.3, -0.25) is 0 Å². The van der Waals surface area contributed by atoms with Crippen LogP contribution in [-0.2, 0) is 0 Å². The summed E-state index contributed by atoms with van der Waals surface area (Å²) in [6.45, 7) is 1.79. The van der Waals surface area contributed by atoms with Gasteiger partial charge in [0.1, 0.15) is 5.71 Å². The van der Waals surface area contributed by atoms with Crippen LogP contribution in [0.3, 0.4) is 0 Å². The van der Waals surface area contributed by atoms with E-state index in [1.807, 2.05) is 0 Å². The molecule has 1 aliphatic rings. The Morgan fingerprint density at radius 3 is 2.80 bits per heavy atom. The van der Waals surface area contributed by atoms with Crippen LogP contribution in [0.5, 0.6) is 0 Å². The van der Waals surface area contributed by atoms with E-state index in [-0.39, 0.29) is 0 Å². The number of hydroxylamine groups is 1. The van der Waals surface area contributed by atoms with Crippen LogP contribution in [0.15, 0.2) is 23.4 Å². The number of hydrogen-bond acceptors (Lipinski definition) is 3. The van der Waals surface area contributed by atoms with Gasteiger partial charge in [-0.1, -0.05) is 28.4 Å². The van der Waals surface area contributed by atoms with Gasteiger partial charge in [-0.15, -0.1) is 0 Å². The number of halogens is 2. The number of rotatable bonds is 2. The predicted molar refractivity (Wildman–Crippen MR) is 81.3 cm³/mol. The summed E-state index contributed by atoms with van der Waals surface area (Å²) in [4.78, 5) is 0. The zero-order valence-corrected chi connectivity index (χ0v) is 12.7. The minimum absolute atomic E-state index is 0.417. The normalized spacial score (nSPS) is 25.9. The van der Waals surface area contributed by atoms with Crippen molar-refractivity contribution in [3.05, 3.63) is 39.0 Å². The maximum absolute atomic E-state index is 12.5. The van der Waals surface area contributed by atoms with Crippen molar-refractivity contribution in [2.24, 2.45) is 5.16 Å². The Hall–Kier alpha value is -1.26. The molecule has 0 amide bonds. The zero-order valence-electron chi connectivity index (χ0n) is 11.1. The first kappa shape index (κ1) is 15.1. The van der Waals surface area contributed by atoms with Gasteiger partial charge in [0.15, 0.2) is 6.21 Å². The van der Waals surface area contributed by atoms with Crippen molar-refractivity contribution in [1.29, 1.82) is 0 Å². The van der Waals surface area contributed by atoms with Crippen LogP contribution in [0.2, 0.25) is 10.0 Å². The Kier molecular flexibility index (Phi) is 4.55. The molecule has 0 radical (unpaired) electrons. The van der Waals surface area contributed by atoms with Crippen molar-refractivity contribution < 1.29 is 9.95 Å². The van der Waals surface area contributed by atoms with E-state index in [9.17, 15) is 5.21 Å². The fraction of sp³-hybridized carbons (Fsp3) is 0.429. The molecule has 4 nitrogen and oxygen atoms in total. The smallest absolute Gasteiger partial charge is 0.211 e. The first-order valence-electron chi connectivity index (χ1n) is 6.45. The second kappa shape index (κ2) is 6.02. The van der Waals surface area contributed by atoms with Gasteiger partial charge >= 0.3 is 0 Å². The average molecular weight is 315 g/mol. The van der Waals surface area contributed by atoms with E-state index in [1.54, 1.807) is 25.1 Å². The molecule has 108 valence electrons. The van der Waals surface area contributed by atoms with E-state index in [4.69, 9.17) is 28.4 Å². The molecule has 6 heteroatoms. The molecule has 0 unspecified atom stereocenters. The lowest BCUT2D eigenvalue weighted by molar-refractivity contribution is -0.520. The summed E-state index contributed by atoms with van der Waals surface area (Å²) in [7, 11) is 0. The minimum Gasteiger partial charge on any atom is -0.623 e. The fourth-order valence-electron chi connectivity index (χ4n) is 2.45. The molecular formula is C14H16Cl2N2O2. The lowest BCUT2D eigenvalue weighted by Crippen LogP contribution is -2.47. The first-order valence-corrected chi connectivity index (χ1v) is 7.21. The van der Waals surface area contributed by atoms with Gasteiger partial charge in [-0.05, 0) is 37.5 Å². The van der Waals surface area contributed by atoms with Crippen LogP contribution in [0.25, 0.3) is 0 Å². The second-order valence-electron chi connectivity index (χ2n) is 5.15. The quantitative estimate of drug-likeness (QED) is 0.294. The highest BCUT2D eigenvalue weighted by molar-refractivity contribution is 6.36. The van der Waals surface area contributed by atoms with E-state index >= 15 is 0 Å². The van der Waals surface area contributed by atoms with Crippen LogP contribution >= 0.6 is 23.2 Å². The molecule has 1 aromatic carbocycles. The fourth-order valence-corrected chi connectivity index (χ4v) is 2.90. The molecule has 1 aliphatic carbocycles. The van der Waals surface area contributed by atoms with Crippen LogP contribution in [0.4, 0.5) is 0 Å². The van der Waals surface area contributed by atoms with Crippen molar-refractivity contribution >= 4 is 35.1 Å². The molecule has 1 fully saturated rings. The summed E-state index contributed by atoms with van der Waals surface area (Å²) in [5.41, 5.74) is 0.283. The Morgan fingerprint density at radius 2 is 2.15 bits per heavy atom. The average Bonchev–Trinajstić information content (AvgIpc) is 2.42. The third kappa shape index (κ3) is 2.91. The van der Waals surface area contributed by atoms with Gasteiger partial charge in [0.2, 0.25) is 5.54 Å². The van der Waals surface area contributed by atoms with Gasteiger partial charge in [-0.25, -0.2) is 4.74 Å². The van der Waals surface area contributed by atoms with Gasteiger partial charge in [0.25, 0.3) is 0 Å². The van der Waals surface area contributed by atoms with Crippen molar-refractivity contribution in [2.45, 2.75) is 38.1 Å². The summed E-state index contributed by atoms with van der Waals surface area (Å²) in [5, 5.41) is 25.8. The lowest BCUT2D eigenvalue weighted by Gasteiger charge is -2.32. The molecule has 1 N–H and O–H groups in total.